The minimum Gasteiger partial charge on any atom is -0.497 e. The maximum absolute atomic E-state index is 6.31. The van der Waals surface area contributed by atoms with Crippen LogP contribution in [0.1, 0.15) is 31.4 Å². The third-order valence-corrected chi connectivity index (χ3v) is 4.51. The van der Waals surface area contributed by atoms with E-state index in [1.807, 2.05) is 12.1 Å². The van der Waals surface area contributed by atoms with Crippen LogP contribution in [0.25, 0.3) is 0 Å². The van der Waals surface area contributed by atoms with Gasteiger partial charge in [0.15, 0.2) is 0 Å². The number of piperidine rings is 1. The lowest BCUT2D eigenvalue weighted by molar-refractivity contribution is 0.0864. The van der Waals surface area contributed by atoms with E-state index >= 15 is 0 Å². The highest BCUT2D eigenvalue weighted by Crippen LogP contribution is 2.29. The van der Waals surface area contributed by atoms with E-state index in [2.05, 4.69) is 43.0 Å². The highest BCUT2D eigenvalue weighted by molar-refractivity contribution is 5.30. The minimum absolute atomic E-state index is 0.110. The van der Waals surface area contributed by atoms with Gasteiger partial charge in [-0.3, -0.25) is 4.90 Å². The van der Waals surface area contributed by atoms with Crippen molar-refractivity contribution in [3.63, 3.8) is 0 Å². The van der Waals surface area contributed by atoms with Crippen LogP contribution in [-0.2, 0) is 0 Å². The molecule has 2 rings (SSSR count). The normalized spacial score (nSPS) is 23.0. The van der Waals surface area contributed by atoms with Gasteiger partial charge < -0.3 is 15.4 Å². The molecule has 0 radical (unpaired) electrons. The van der Waals surface area contributed by atoms with Crippen molar-refractivity contribution >= 4 is 0 Å². The molecule has 0 aliphatic carbocycles. The van der Waals surface area contributed by atoms with Crippen LogP contribution in [0.3, 0.4) is 0 Å². The number of likely N-dealkylation sites (N-methyl/N-ethyl adjacent to an activating group) is 1. The average Bonchev–Trinajstić information content (AvgIpc) is 2.48. The average molecular weight is 291 g/mol. The van der Waals surface area contributed by atoms with Crippen LogP contribution in [0.2, 0.25) is 0 Å². The molecule has 4 heteroatoms. The second kappa shape index (κ2) is 7.25. The van der Waals surface area contributed by atoms with Gasteiger partial charge in [0.05, 0.1) is 7.11 Å². The van der Waals surface area contributed by atoms with Crippen molar-refractivity contribution in [3.8, 4) is 5.75 Å². The van der Waals surface area contributed by atoms with Crippen molar-refractivity contribution in [2.75, 3.05) is 34.3 Å². The quantitative estimate of drug-likeness (QED) is 0.902. The van der Waals surface area contributed by atoms with E-state index in [-0.39, 0.29) is 12.1 Å². The lowest BCUT2D eigenvalue weighted by Gasteiger charge is -2.42. The number of methoxy groups -OCH3 is 1. The molecule has 1 aliphatic rings. The Kier molecular flexibility index (Phi) is 5.62. The van der Waals surface area contributed by atoms with Gasteiger partial charge in [-0.2, -0.15) is 0 Å². The second-order valence-corrected chi connectivity index (χ2v) is 6.33. The number of benzene rings is 1. The topological polar surface area (TPSA) is 41.7 Å². The summed E-state index contributed by atoms with van der Waals surface area (Å²) < 4.78 is 5.25. The molecule has 0 amide bonds. The fraction of sp³-hybridized carbons (Fsp3) is 0.647. The SMILES string of the molecule is COc1ccc(C(C(C)N)N2CCCC(N(C)C)C2)cc1. The molecule has 4 nitrogen and oxygen atoms in total. The predicted molar refractivity (Wildman–Crippen MR) is 87.7 cm³/mol. The molecule has 118 valence electrons. The van der Waals surface area contributed by atoms with E-state index in [0.29, 0.717) is 6.04 Å². The van der Waals surface area contributed by atoms with Gasteiger partial charge in [0.1, 0.15) is 5.75 Å². The molecule has 0 spiro atoms. The lowest BCUT2D eigenvalue weighted by atomic mass is 9.95. The third kappa shape index (κ3) is 3.96. The van der Waals surface area contributed by atoms with Gasteiger partial charge in [0.2, 0.25) is 0 Å². The monoisotopic (exact) mass is 291 g/mol. The molecule has 0 bridgehead atoms. The first-order valence-corrected chi connectivity index (χ1v) is 7.83. The van der Waals surface area contributed by atoms with Crippen molar-refractivity contribution in [1.82, 2.24) is 9.80 Å². The number of ether oxygens (including phenoxy) is 1. The Bertz CT molecular complexity index is 430. The molecule has 1 aromatic carbocycles. The van der Waals surface area contributed by atoms with E-state index in [1.165, 1.54) is 18.4 Å². The lowest BCUT2D eigenvalue weighted by Crippen LogP contribution is -2.49. The summed E-state index contributed by atoms with van der Waals surface area (Å²) in [6.45, 7) is 4.32. The Hall–Kier alpha value is -1.10. The molecule has 2 N–H and O–H groups in total. The van der Waals surface area contributed by atoms with Crippen LogP contribution in [0.4, 0.5) is 0 Å². The van der Waals surface area contributed by atoms with E-state index in [1.54, 1.807) is 7.11 Å². The van der Waals surface area contributed by atoms with Crippen LogP contribution in [-0.4, -0.2) is 56.2 Å². The molecule has 1 fully saturated rings. The van der Waals surface area contributed by atoms with E-state index in [9.17, 15) is 0 Å². The molecule has 3 atom stereocenters. The van der Waals surface area contributed by atoms with Gasteiger partial charge in [-0.15, -0.1) is 0 Å². The maximum atomic E-state index is 6.31. The smallest absolute Gasteiger partial charge is 0.118 e. The van der Waals surface area contributed by atoms with Crippen LogP contribution < -0.4 is 10.5 Å². The largest absolute Gasteiger partial charge is 0.497 e. The molecule has 0 saturated carbocycles. The number of nitrogens with two attached hydrogens (primary N) is 1. The van der Waals surface area contributed by atoms with Crippen molar-refractivity contribution in [2.45, 2.75) is 37.9 Å². The highest BCUT2D eigenvalue weighted by atomic mass is 16.5. The Morgan fingerprint density at radius 3 is 2.48 bits per heavy atom. The summed E-state index contributed by atoms with van der Waals surface area (Å²) >= 11 is 0. The summed E-state index contributed by atoms with van der Waals surface area (Å²) in [5.41, 5.74) is 7.59. The molecule has 0 aromatic heterocycles. The summed E-state index contributed by atoms with van der Waals surface area (Å²) in [6.07, 6.45) is 2.51. The Morgan fingerprint density at radius 1 is 1.29 bits per heavy atom. The third-order valence-electron chi connectivity index (χ3n) is 4.51. The molecule has 1 saturated heterocycles. The van der Waals surface area contributed by atoms with Gasteiger partial charge in [-0.25, -0.2) is 0 Å². The van der Waals surface area contributed by atoms with E-state index in [4.69, 9.17) is 10.5 Å². The maximum Gasteiger partial charge on any atom is 0.118 e. The first-order valence-electron chi connectivity index (χ1n) is 7.83. The van der Waals surface area contributed by atoms with Crippen LogP contribution >= 0.6 is 0 Å². The molecule has 1 aliphatic heterocycles. The first kappa shape index (κ1) is 16.3. The van der Waals surface area contributed by atoms with Crippen molar-refractivity contribution in [3.05, 3.63) is 29.8 Å². The van der Waals surface area contributed by atoms with E-state index < -0.39 is 0 Å². The fourth-order valence-electron chi connectivity index (χ4n) is 3.31. The number of rotatable bonds is 5. The number of nitrogens with zero attached hydrogens (tertiary/aromatic N) is 2. The highest BCUT2D eigenvalue weighted by Gasteiger charge is 2.29. The minimum atomic E-state index is 0.110. The van der Waals surface area contributed by atoms with Gasteiger partial charge >= 0.3 is 0 Å². The zero-order valence-corrected chi connectivity index (χ0v) is 13.7. The van der Waals surface area contributed by atoms with Gasteiger partial charge in [0, 0.05) is 24.7 Å². The van der Waals surface area contributed by atoms with Crippen molar-refractivity contribution in [1.29, 1.82) is 0 Å². The molecule has 3 unspecified atom stereocenters. The summed E-state index contributed by atoms with van der Waals surface area (Å²) in [7, 11) is 6.04. The van der Waals surface area contributed by atoms with Crippen molar-refractivity contribution < 1.29 is 4.74 Å². The molecule has 21 heavy (non-hydrogen) atoms. The van der Waals surface area contributed by atoms with Gasteiger partial charge in [-0.05, 0) is 58.1 Å². The summed E-state index contributed by atoms with van der Waals surface area (Å²) in [6, 6.07) is 9.35. The van der Waals surface area contributed by atoms with Crippen LogP contribution in [0.5, 0.6) is 5.75 Å². The number of hydrogen-bond acceptors (Lipinski definition) is 4. The molecule has 1 aromatic rings. The molecular formula is C17H29N3O. The van der Waals surface area contributed by atoms with Crippen molar-refractivity contribution in [2.24, 2.45) is 5.73 Å². The summed E-state index contributed by atoms with van der Waals surface area (Å²) in [5.74, 6) is 0.895. The molecule has 1 heterocycles. The first-order chi connectivity index (χ1) is 10.0. The Morgan fingerprint density at radius 2 is 1.95 bits per heavy atom. The van der Waals surface area contributed by atoms with Crippen LogP contribution in [0.15, 0.2) is 24.3 Å². The predicted octanol–water partition coefficient (Wildman–Crippen LogP) is 2.11. The number of likely N-dealkylation sites (tertiary alicyclic amines) is 1. The summed E-state index contributed by atoms with van der Waals surface area (Å²) in [5, 5.41) is 0. The second-order valence-electron chi connectivity index (χ2n) is 6.33. The van der Waals surface area contributed by atoms with Crippen LogP contribution in [0, 0.1) is 0 Å². The number of hydrogen-bond donors (Lipinski definition) is 1. The standard InChI is InChI=1S/C17H29N3O/c1-13(18)17(14-7-9-16(21-4)10-8-14)20-11-5-6-15(12-20)19(2)3/h7-10,13,15,17H,5-6,11-12,18H2,1-4H3. The molecular weight excluding hydrogens is 262 g/mol. The zero-order valence-electron chi connectivity index (χ0n) is 13.7. The Balaban J connectivity index is 2.17. The Labute approximate surface area is 128 Å². The zero-order chi connectivity index (χ0) is 15.4. The van der Waals surface area contributed by atoms with E-state index in [0.717, 1.165) is 18.8 Å². The van der Waals surface area contributed by atoms with Gasteiger partial charge in [-0.1, -0.05) is 12.1 Å². The van der Waals surface area contributed by atoms with Gasteiger partial charge in [0.25, 0.3) is 0 Å². The summed E-state index contributed by atoms with van der Waals surface area (Å²) in [4.78, 5) is 4.87. The fourth-order valence-corrected chi connectivity index (χ4v) is 3.31.